The molecule has 5 heteroatoms. The van der Waals surface area contributed by atoms with Crippen molar-refractivity contribution in [1.29, 1.82) is 0 Å². The van der Waals surface area contributed by atoms with Gasteiger partial charge in [0.05, 0.1) is 7.11 Å². The van der Waals surface area contributed by atoms with Gasteiger partial charge in [-0.25, -0.2) is 4.98 Å². The van der Waals surface area contributed by atoms with E-state index in [0.717, 1.165) is 27.9 Å². The Morgan fingerprint density at radius 1 is 1.06 bits per heavy atom. The summed E-state index contributed by atoms with van der Waals surface area (Å²) in [7, 11) is 1.52. The molecule has 0 radical (unpaired) electrons. The number of hydrogen-bond donors (Lipinski definition) is 2. The van der Waals surface area contributed by atoms with Crippen LogP contribution >= 0.6 is 0 Å². The fourth-order valence-electron chi connectivity index (χ4n) is 3.71. The predicted octanol–water partition coefficient (Wildman–Crippen LogP) is 5.69. The highest BCUT2D eigenvalue weighted by Gasteiger charge is 2.29. The topological polar surface area (TPSA) is 71.5 Å². The number of aryl methyl sites for hydroxylation is 1. The first kappa shape index (κ1) is 23.5. The summed E-state index contributed by atoms with van der Waals surface area (Å²) in [4.78, 5) is 17.4. The Balaban J connectivity index is 2.10. The number of hydrogen-bond acceptors (Lipinski definition) is 4. The van der Waals surface area contributed by atoms with Gasteiger partial charge in [-0.1, -0.05) is 82.3 Å². The number of pyridine rings is 1. The molecule has 32 heavy (non-hydrogen) atoms. The zero-order chi connectivity index (χ0) is 23.5. The van der Waals surface area contributed by atoms with Crippen LogP contribution in [0.1, 0.15) is 56.2 Å². The van der Waals surface area contributed by atoms with E-state index in [0.29, 0.717) is 23.6 Å². The van der Waals surface area contributed by atoms with Crippen LogP contribution in [-0.4, -0.2) is 23.1 Å². The third kappa shape index (κ3) is 4.83. The number of aromatic nitrogens is 1. The van der Waals surface area contributed by atoms with Crippen molar-refractivity contribution in [2.75, 3.05) is 12.4 Å². The normalized spacial score (nSPS) is 12.3. The van der Waals surface area contributed by atoms with E-state index in [2.05, 4.69) is 22.4 Å². The van der Waals surface area contributed by atoms with Crippen molar-refractivity contribution in [1.82, 2.24) is 4.98 Å². The Kier molecular flexibility index (Phi) is 6.99. The quantitative estimate of drug-likeness (QED) is 0.525. The minimum atomic E-state index is -0.944. The first-order valence-corrected chi connectivity index (χ1v) is 10.9. The highest BCUT2D eigenvalue weighted by molar-refractivity contribution is 5.96. The van der Waals surface area contributed by atoms with Crippen LogP contribution < -0.4 is 10.1 Å². The molecular formula is C27H32N2O3. The molecule has 3 rings (SSSR count). The number of methoxy groups -OCH3 is 1. The lowest BCUT2D eigenvalue weighted by atomic mass is 9.91. The van der Waals surface area contributed by atoms with Gasteiger partial charge in [0.2, 0.25) is 11.8 Å². The molecule has 0 saturated heterocycles. The van der Waals surface area contributed by atoms with Crippen LogP contribution in [0.4, 0.5) is 5.69 Å². The van der Waals surface area contributed by atoms with Gasteiger partial charge in [-0.15, -0.1) is 0 Å². The van der Waals surface area contributed by atoms with Crippen LogP contribution in [-0.2, 0) is 11.2 Å². The fourth-order valence-corrected chi connectivity index (χ4v) is 3.71. The van der Waals surface area contributed by atoms with Crippen LogP contribution in [0, 0.1) is 12.3 Å². The first-order chi connectivity index (χ1) is 15.2. The molecule has 0 aliphatic rings. The van der Waals surface area contributed by atoms with Crippen molar-refractivity contribution in [3.63, 3.8) is 0 Å². The van der Waals surface area contributed by atoms with Gasteiger partial charge in [-0.2, -0.15) is 0 Å². The van der Waals surface area contributed by atoms with Crippen molar-refractivity contribution >= 4 is 11.6 Å². The number of benzene rings is 2. The van der Waals surface area contributed by atoms with Gasteiger partial charge in [-0.3, -0.25) is 4.79 Å². The summed E-state index contributed by atoms with van der Waals surface area (Å²) >= 11 is 0. The van der Waals surface area contributed by atoms with E-state index in [-0.39, 0.29) is 5.91 Å². The zero-order valence-corrected chi connectivity index (χ0v) is 19.7. The Bertz CT molecular complexity index is 1080. The first-order valence-electron chi connectivity index (χ1n) is 10.9. The lowest BCUT2D eigenvalue weighted by Gasteiger charge is -2.25. The largest absolute Gasteiger partial charge is 0.479 e. The number of aliphatic hydroxyl groups is 1. The van der Waals surface area contributed by atoms with E-state index in [1.165, 1.54) is 7.11 Å². The summed E-state index contributed by atoms with van der Waals surface area (Å²) < 4.78 is 5.51. The van der Waals surface area contributed by atoms with Gasteiger partial charge < -0.3 is 15.2 Å². The molecule has 5 nitrogen and oxygen atoms in total. The number of aliphatic hydroxyl groups excluding tert-OH is 1. The van der Waals surface area contributed by atoms with Crippen LogP contribution in [0.25, 0.3) is 11.1 Å². The molecule has 2 aromatic carbocycles. The van der Waals surface area contributed by atoms with Crippen LogP contribution in [0.15, 0.2) is 54.6 Å². The summed E-state index contributed by atoms with van der Waals surface area (Å²) in [6.07, 6.45) is -0.281. The molecule has 1 unspecified atom stereocenters. The molecule has 1 amide bonds. The molecule has 168 valence electrons. The van der Waals surface area contributed by atoms with Gasteiger partial charge >= 0.3 is 0 Å². The lowest BCUT2D eigenvalue weighted by molar-refractivity contribution is -0.123. The van der Waals surface area contributed by atoms with E-state index in [1.54, 1.807) is 0 Å². The highest BCUT2D eigenvalue weighted by Crippen LogP contribution is 2.39. The Hall–Kier alpha value is -3.18. The van der Waals surface area contributed by atoms with Gasteiger partial charge in [0.25, 0.3) is 0 Å². The number of rotatable bonds is 6. The average Bonchev–Trinajstić information content (AvgIpc) is 2.79. The molecule has 3 aromatic rings. The second-order valence-corrected chi connectivity index (χ2v) is 8.92. The smallest absolute Gasteiger partial charge is 0.238 e. The zero-order valence-electron chi connectivity index (χ0n) is 19.7. The lowest BCUT2D eigenvalue weighted by Crippen LogP contribution is -2.29. The van der Waals surface area contributed by atoms with Gasteiger partial charge in [0, 0.05) is 16.7 Å². The molecule has 2 N–H and O–H groups in total. The van der Waals surface area contributed by atoms with Crippen LogP contribution in [0.5, 0.6) is 5.88 Å². The monoisotopic (exact) mass is 432 g/mol. The van der Waals surface area contributed by atoms with Crippen molar-refractivity contribution in [2.24, 2.45) is 5.41 Å². The summed E-state index contributed by atoms with van der Waals surface area (Å²) in [5, 5.41) is 14.4. The average molecular weight is 433 g/mol. The summed E-state index contributed by atoms with van der Waals surface area (Å²) in [6, 6.07) is 17.9. The molecule has 0 aliphatic heterocycles. The number of carbonyl (C=O) groups is 1. The Morgan fingerprint density at radius 2 is 1.66 bits per heavy atom. The maximum atomic E-state index is 12.8. The second-order valence-electron chi connectivity index (χ2n) is 8.92. The molecule has 0 bridgehead atoms. The molecular weight excluding hydrogens is 400 g/mol. The minimum Gasteiger partial charge on any atom is -0.479 e. The van der Waals surface area contributed by atoms with E-state index >= 15 is 0 Å². The van der Waals surface area contributed by atoms with E-state index in [4.69, 9.17) is 4.74 Å². The molecule has 1 aromatic heterocycles. The number of ether oxygens (including phenoxy) is 1. The van der Waals surface area contributed by atoms with Gasteiger partial charge in [0.15, 0.2) is 0 Å². The summed E-state index contributed by atoms with van der Waals surface area (Å²) in [6.45, 7) is 9.44. The number of nitrogens with zero attached hydrogens (tertiary/aromatic N) is 1. The minimum absolute atomic E-state index is 0.170. The number of nitrogens with one attached hydrogen (secondary N) is 1. The van der Waals surface area contributed by atoms with Crippen molar-refractivity contribution < 1.29 is 14.6 Å². The summed E-state index contributed by atoms with van der Waals surface area (Å²) in [5.74, 6) is 0.128. The maximum Gasteiger partial charge on any atom is 0.238 e. The highest BCUT2D eigenvalue weighted by atomic mass is 16.5. The maximum absolute atomic E-state index is 12.8. The molecule has 0 spiro atoms. The van der Waals surface area contributed by atoms with E-state index in [1.807, 2.05) is 77.1 Å². The molecule has 1 atom stereocenters. The number of anilines is 1. The Morgan fingerprint density at radius 3 is 2.19 bits per heavy atom. The molecule has 0 saturated carbocycles. The third-order valence-electron chi connectivity index (χ3n) is 5.59. The molecule has 1 heterocycles. The predicted molar refractivity (Wildman–Crippen MR) is 129 cm³/mol. The number of amides is 1. The standard InChI is InChI=1S/C27H32N2O3/c1-7-21-17(2)28-25(32-6)23(29-26(31)27(3,4)5)22(21)24(30)20-15-13-19(14-16-20)18-11-9-8-10-12-18/h8-16,24,30H,7H2,1-6H3,(H,29,31). The van der Waals surface area contributed by atoms with Crippen LogP contribution in [0.3, 0.4) is 0 Å². The van der Waals surface area contributed by atoms with E-state index < -0.39 is 11.5 Å². The van der Waals surface area contributed by atoms with Gasteiger partial charge in [-0.05, 0) is 35.6 Å². The van der Waals surface area contributed by atoms with Gasteiger partial charge in [0.1, 0.15) is 11.8 Å². The number of carbonyl (C=O) groups excluding carboxylic acids is 1. The van der Waals surface area contributed by atoms with Crippen molar-refractivity contribution in [2.45, 2.75) is 47.1 Å². The Labute approximate surface area is 190 Å². The SMILES string of the molecule is CCc1c(C)nc(OC)c(NC(=O)C(C)(C)C)c1C(O)c1ccc(-c2ccccc2)cc1. The van der Waals surface area contributed by atoms with Crippen molar-refractivity contribution in [3.05, 3.63) is 77.0 Å². The fraction of sp³-hybridized carbons (Fsp3) is 0.333. The molecule has 0 fully saturated rings. The summed E-state index contributed by atoms with van der Waals surface area (Å²) in [5.41, 5.74) is 5.03. The molecule has 0 aliphatic carbocycles. The van der Waals surface area contributed by atoms with E-state index in [9.17, 15) is 9.90 Å². The second kappa shape index (κ2) is 9.53. The van der Waals surface area contributed by atoms with Crippen LogP contribution in [0.2, 0.25) is 0 Å². The third-order valence-corrected chi connectivity index (χ3v) is 5.59. The van der Waals surface area contributed by atoms with Crippen molar-refractivity contribution in [3.8, 4) is 17.0 Å².